The number of hydrogen-bond acceptors (Lipinski definition) is 3. The third-order valence-corrected chi connectivity index (χ3v) is 3.45. The number of nitrogens with zero attached hydrogens (tertiary/aromatic N) is 2. The van der Waals surface area contributed by atoms with Gasteiger partial charge in [0.2, 0.25) is 0 Å². The summed E-state index contributed by atoms with van der Waals surface area (Å²) in [4.78, 5) is 2.28. The second-order valence-electron chi connectivity index (χ2n) is 5.58. The highest BCUT2D eigenvalue weighted by molar-refractivity contribution is 5.97. The maximum atomic E-state index is 8.70. The molecular formula is C15H25N3O. The lowest BCUT2D eigenvalue weighted by Crippen LogP contribution is -2.30. The monoisotopic (exact) mass is 263 g/mol. The number of oxime groups is 1. The molecule has 3 N–H and O–H groups in total. The van der Waals surface area contributed by atoms with Crippen LogP contribution in [0.15, 0.2) is 23.4 Å². The number of aryl methyl sites for hydroxylation is 1. The fourth-order valence-electron chi connectivity index (χ4n) is 2.35. The quantitative estimate of drug-likeness (QED) is 0.371. The minimum atomic E-state index is 0.146. The van der Waals surface area contributed by atoms with E-state index in [1.807, 2.05) is 25.1 Å². The Hall–Kier alpha value is -1.71. The van der Waals surface area contributed by atoms with Gasteiger partial charge in [-0.2, -0.15) is 0 Å². The fourth-order valence-corrected chi connectivity index (χ4v) is 2.35. The van der Waals surface area contributed by atoms with Crippen LogP contribution in [0.3, 0.4) is 0 Å². The van der Waals surface area contributed by atoms with Crippen LogP contribution in [0, 0.1) is 12.8 Å². The summed E-state index contributed by atoms with van der Waals surface area (Å²) in [7, 11) is 2.11. The molecule has 0 saturated carbocycles. The molecule has 4 nitrogen and oxygen atoms in total. The van der Waals surface area contributed by atoms with E-state index in [2.05, 4.69) is 37.9 Å². The van der Waals surface area contributed by atoms with Crippen molar-refractivity contribution in [2.24, 2.45) is 16.8 Å². The number of amidine groups is 1. The molecule has 0 fully saturated rings. The maximum absolute atomic E-state index is 8.70. The number of hydrogen-bond donors (Lipinski definition) is 2. The van der Waals surface area contributed by atoms with Gasteiger partial charge < -0.3 is 15.8 Å². The van der Waals surface area contributed by atoms with Crippen LogP contribution in [0.4, 0.5) is 5.69 Å². The van der Waals surface area contributed by atoms with Gasteiger partial charge in [-0.1, -0.05) is 19.0 Å². The average molecular weight is 263 g/mol. The van der Waals surface area contributed by atoms with Crippen molar-refractivity contribution >= 4 is 11.5 Å². The first kappa shape index (κ1) is 15.3. The van der Waals surface area contributed by atoms with E-state index < -0.39 is 0 Å². The molecule has 1 aromatic carbocycles. The Morgan fingerprint density at radius 3 is 2.47 bits per heavy atom. The van der Waals surface area contributed by atoms with Gasteiger partial charge in [-0.25, -0.2) is 0 Å². The van der Waals surface area contributed by atoms with Gasteiger partial charge in [-0.05, 0) is 49.9 Å². The zero-order chi connectivity index (χ0) is 14.6. The molecule has 1 aromatic rings. The normalized spacial score (nSPS) is 13.7. The molecule has 1 unspecified atom stereocenters. The first-order valence-corrected chi connectivity index (χ1v) is 6.68. The number of benzene rings is 1. The van der Waals surface area contributed by atoms with E-state index in [0.717, 1.165) is 17.5 Å². The van der Waals surface area contributed by atoms with Gasteiger partial charge in [0.25, 0.3) is 0 Å². The first-order valence-electron chi connectivity index (χ1n) is 6.68. The summed E-state index contributed by atoms with van der Waals surface area (Å²) < 4.78 is 0. The molecule has 1 atom stereocenters. The summed E-state index contributed by atoms with van der Waals surface area (Å²) in [5.74, 6) is 0.821. The summed E-state index contributed by atoms with van der Waals surface area (Å²) in [6.07, 6.45) is 1.15. The van der Waals surface area contributed by atoms with Crippen LogP contribution >= 0.6 is 0 Å². The lowest BCUT2D eigenvalue weighted by molar-refractivity contribution is 0.318. The molecule has 0 aliphatic heterocycles. The Balaban J connectivity index is 2.96. The van der Waals surface area contributed by atoms with Crippen molar-refractivity contribution in [2.45, 2.75) is 40.2 Å². The molecule has 4 heteroatoms. The van der Waals surface area contributed by atoms with Gasteiger partial charge in [0.1, 0.15) is 0 Å². The van der Waals surface area contributed by atoms with E-state index in [1.165, 1.54) is 5.69 Å². The molecule has 0 saturated heterocycles. The number of nitrogens with two attached hydrogens (primary N) is 1. The zero-order valence-electron chi connectivity index (χ0n) is 12.5. The van der Waals surface area contributed by atoms with Crippen molar-refractivity contribution < 1.29 is 5.21 Å². The van der Waals surface area contributed by atoms with Crippen molar-refractivity contribution in [3.63, 3.8) is 0 Å². The summed E-state index contributed by atoms with van der Waals surface area (Å²) in [6.45, 7) is 8.75. The maximum Gasteiger partial charge on any atom is 0.170 e. The lowest BCUT2D eigenvalue weighted by Gasteiger charge is -2.30. The van der Waals surface area contributed by atoms with Crippen LogP contribution in [0.25, 0.3) is 0 Å². The average Bonchev–Trinajstić information content (AvgIpc) is 2.36. The first-order chi connectivity index (χ1) is 8.86. The molecule has 0 spiro atoms. The number of anilines is 1. The Bertz CT molecular complexity index is 455. The highest BCUT2D eigenvalue weighted by Crippen LogP contribution is 2.24. The smallest absolute Gasteiger partial charge is 0.170 e. The predicted molar refractivity (Wildman–Crippen MR) is 81.0 cm³/mol. The second kappa shape index (κ2) is 6.45. The summed E-state index contributed by atoms with van der Waals surface area (Å²) in [6, 6.07) is 6.34. The Morgan fingerprint density at radius 1 is 1.37 bits per heavy atom. The van der Waals surface area contributed by atoms with Crippen molar-refractivity contribution in [1.29, 1.82) is 0 Å². The van der Waals surface area contributed by atoms with E-state index in [9.17, 15) is 0 Å². The third-order valence-electron chi connectivity index (χ3n) is 3.45. The molecule has 0 aromatic heterocycles. The van der Waals surface area contributed by atoms with Gasteiger partial charge >= 0.3 is 0 Å². The van der Waals surface area contributed by atoms with E-state index in [1.54, 1.807) is 0 Å². The minimum Gasteiger partial charge on any atom is -0.409 e. The summed E-state index contributed by atoms with van der Waals surface area (Å²) >= 11 is 0. The molecule has 0 aliphatic carbocycles. The Morgan fingerprint density at radius 2 is 2.00 bits per heavy atom. The van der Waals surface area contributed by atoms with E-state index >= 15 is 0 Å². The van der Waals surface area contributed by atoms with Crippen LogP contribution < -0.4 is 10.6 Å². The molecule has 0 radical (unpaired) electrons. The van der Waals surface area contributed by atoms with Gasteiger partial charge in [-0.15, -0.1) is 0 Å². The van der Waals surface area contributed by atoms with Gasteiger partial charge in [-0.3, -0.25) is 0 Å². The molecule has 0 amide bonds. The fraction of sp³-hybridized carbons (Fsp3) is 0.533. The summed E-state index contributed by atoms with van der Waals surface area (Å²) in [5, 5.41) is 11.7. The standard InChI is InChI=1S/C15H25N3O/c1-10(2)8-12(4)18(5)14-7-6-13(9-11(14)3)15(16)17-19/h6-7,9-10,12,19H,8H2,1-5H3,(H2,16,17). The molecule has 106 valence electrons. The van der Waals surface area contributed by atoms with Crippen LogP contribution in [-0.2, 0) is 0 Å². The van der Waals surface area contributed by atoms with E-state index in [-0.39, 0.29) is 5.84 Å². The Labute approximate surface area is 115 Å². The SMILES string of the molecule is Cc1cc(/C(N)=N/O)ccc1N(C)C(C)CC(C)C. The predicted octanol–water partition coefficient (Wildman–Crippen LogP) is 2.96. The number of rotatable bonds is 5. The van der Waals surface area contributed by atoms with Crippen LogP contribution in [-0.4, -0.2) is 24.1 Å². The van der Waals surface area contributed by atoms with Gasteiger partial charge in [0.05, 0.1) is 0 Å². The van der Waals surface area contributed by atoms with E-state index in [0.29, 0.717) is 12.0 Å². The van der Waals surface area contributed by atoms with Gasteiger partial charge in [0.15, 0.2) is 5.84 Å². The summed E-state index contributed by atoms with van der Waals surface area (Å²) in [5.41, 5.74) is 8.66. The molecular weight excluding hydrogens is 238 g/mol. The minimum absolute atomic E-state index is 0.146. The van der Waals surface area contributed by atoms with Crippen molar-refractivity contribution in [2.75, 3.05) is 11.9 Å². The molecule has 0 aliphatic rings. The highest BCUT2D eigenvalue weighted by atomic mass is 16.4. The second-order valence-corrected chi connectivity index (χ2v) is 5.58. The van der Waals surface area contributed by atoms with E-state index in [4.69, 9.17) is 10.9 Å². The van der Waals surface area contributed by atoms with Crippen molar-refractivity contribution in [3.8, 4) is 0 Å². The van der Waals surface area contributed by atoms with Crippen LogP contribution in [0.2, 0.25) is 0 Å². The van der Waals surface area contributed by atoms with Crippen LogP contribution in [0.1, 0.15) is 38.3 Å². The highest BCUT2D eigenvalue weighted by Gasteiger charge is 2.14. The zero-order valence-corrected chi connectivity index (χ0v) is 12.5. The molecule has 0 heterocycles. The third kappa shape index (κ3) is 3.88. The van der Waals surface area contributed by atoms with Crippen molar-refractivity contribution in [3.05, 3.63) is 29.3 Å². The molecule has 1 rings (SSSR count). The topological polar surface area (TPSA) is 61.9 Å². The Kier molecular flexibility index (Phi) is 5.21. The van der Waals surface area contributed by atoms with Crippen LogP contribution in [0.5, 0.6) is 0 Å². The molecule has 19 heavy (non-hydrogen) atoms. The molecule has 0 bridgehead atoms. The lowest BCUT2D eigenvalue weighted by atomic mass is 10.0. The largest absolute Gasteiger partial charge is 0.409 e. The van der Waals surface area contributed by atoms with Crippen molar-refractivity contribution in [1.82, 2.24) is 0 Å². The van der Waals surface area contributed by atoms with Gasteiger partial charge in [0, 0.05) is 24.3 Å².